The molecule has 7 heavy (non-hydrogen) atoms. The lowest BCUT2D eigenvalue weighted by Crippen LogP contribution is -2.10. The molecule has 0 aromatic carbocycles. The van der Waals surface area contributed by atoms with Gasteiger partial charge in [0.1, 0.15) is 0 Å². The lowest BCUT2D eigenvalue weighted by atomic mass is 10.2. The van der Waals surface area contributed by atoms with E-state index in [2.05, 4.69) is 12.2 Å². The van der Waals surface area contributed by atoms with E-state index >= 15 is 0 Å². The van der Waals surface area contributed by atoms with Crippen LogP contribution < -0.4 is 5.32 Å². The zero-order valence-corrected chi connectivity index (χ0v) is 4.15. The van der Waals surface area contributed by atoms with Crippen LogP contribution in [0.5, 0.6) is 0 Å². The minimum atomic E-state index is 0.899. The van der Waals surface area contributed by atoms with Crippen molar-refractivity contribution in [2.45, 2.75) is 0 Å². The Morgan fingerprint density at radius 3 is 2.86 bits per heavy atom. The smallest absolute Gasteiger partial charge is 0.0357 e. The zero-order chi connectivity index (χ0) is 5.11. The standard InChI is InChI=1S/C6H8N/c1-6-3-2-4-7-5-6/h2-4,7H,1,5H2. The number of rotatable bonds is 0. The van der Waals surface area contributed by atoms with E-state index in [0.717, 1.165) is 12.1 Å². The highest BCUT2D eigenvalue weighted by atomic mass is 14.8. The normalized spacial score (nSPS) is 18.1. The molecule has 37 valence electrons. The van der Waals surface area contributed by atoms with E-state index in [1.165, 1.54) is 0 Å². The maximum absolute atomic E-state index is 3.74. The molecule has 1 aliphatic heterocycles. The maximum atomic E-state index is 3.74. The van der Waals surface area contributed by atoms with Crippen LogP contribution in [-0.4, -0.2) is 6.54 Å². The van der Waals surface area contributed by atoms with E-state index in [1.807, 2.05) is 18.4 Å². The third-order valence-corrected chi connectivity index (χ3v) is 0.875. The van der Waals surface area contributed by atoms with Crippen LogP contribution in [0.4, 0.5) is 0 Å². The van der Waals surface area contributed by atoms with Gasteiger partial charge in [-0.25, -0.2) is 0 Å². The van der Waals surface area contributed by atoms with Gasteiger partial charge in [0.15, 0.2) is 0 Å². The molecular formula is C6H8N. The van der Waals surface area contributed by atoms with Crippen LogP contribution in [0.15, 0.2) is 23.9 Å². The Kier molecular flexibility index (Phi) is 1.16. The summed E-state index contributed by atoms with van der Waals surface area (Å²) in [5.41, 5.74) is 1.14. The second kappa shape index (κ2) is 1.82. The summed E-state index contributed by atoms with van der Waals surface area (Å²) in [6, 6.07) is 0. The fourth-order valence-corrected chi connectivity index (χ4v) is 0.501. The summed E-state index contributed by atoms with van der Waals surface area (Å²) in [4.78, 5) is 0. The van der Waals surface area contributed by atoms with Gasteiger partial charge in [0.25, 0.3) is 0 Å². The molecule has 0 aliphatic carbocycles. The van der Waals surface area contributed by atoms with E-state index < -0.39 is 0 Å². The fourth-order valence-electron chi connectivity index (χ4n) is 0.501. The Hall–Kier alpha value is -0.720. The van der Waals surface area contributed by atoms with Crippen molar-refractivity contribution in [2.75, 3.05) is 6.54 Å². The fraction of sp³-hybridized carbons (Fsp3) is 0.167. The van der Waals surface area contributed by atoms with Crippen molar-refractivity contribution in [3.63, 3.8) is 0 Å². The van der Waals surface area contributed by atoms with Gasteiger partial charge in [-0.05, 0) is 19.2 Å². The zero-order valence-electron chi connectivity index (χ0n) is 4.15. The van der Waals surface area contributed by atoms with Gasteiger partial charge >= 0.3 is 0 Å². The van der Waals surface area contributed by atoms with Crippen LogP contribution in [0.25, 0.3) is 0 Å². The van der Waals surface area contributed by atoms with Gasteiger partial charge in [-0.2, -0.15) is 0 Å². The van der Waals surface area contributed by atoms with E-state index in [-0.39, 0.29) is 0 Å². The number of hydrogen-bond donors (Lipinski definition) is 1. The predicted molar refractivity (Wildman–Crippen MR) is 30.6 cm³/mol. The van der Waals surface area contributed by atoms with Gasteiger partial charge in [0.2, 0.25) is 0 Å². The molecule has 0 unspecified atom stereocenters. The molecule has 0 aromatic heterocycles. The van der Waals surface area contributed by atoms with Gasteiger partial charge < -0.3 is 5.32 Å². The highest BCUT2D eigenvalue weighted by molar-refractivity contribution is 5.19. The van der Waals surface area contributed by atoms with Crippen molar-refractivity contribution in [3.05, 3.63) is 30.8 Å². The highest BCUT2D eigenvalue weighted by Gasteiger charge is 1.86. The number of dihydropyridines is 1. The first-order valence-corrected chi connectivity index (χ1v) is 2.30. The third kappa shape index (κ3) is 1.07. The average molecular weight is 94.1 g/mol. The first kappa shape index (κ1) is 4.44. The van der Waals surface area contributed by atoms with Crippen LogP contribution >= 0.6 is 0 Å². The summed E-state index contributed by atoms with van der Waals surface area (Å²) >= 11 is 0. The number of allylic oxidation sites excluding steroid dienone is 2. The Balaban J connectivity index is 2.57. The minimum Gasteiger partial charge on any atom is -0.387 e. The van der Waals surface area contributed by atoms with Gasteiger partial charge in [0, 0.05) is 6.54 Å². The van der Waals surface area contributed by atoms with Crippen molar-refractivity contribution in [1.82, 2.24) is 5.32 Å². The number of nitrogens with one attached hydrogen (secondary N) is 1. The largest absolute Gasteiger partial charge is 0.387 e. The lowest BCUT2D eigenvalue weighted by Gasteiger charge is -2.02. The molecule has 1 rings (SSSR count). The van der Waals surface area contributed by atoms with Crippen molar-refractivity contribution in [1.29, 1.82) is 0 Å². The SMILES string of the molecule is [CH2]C1=CC=CNC1. The molecule has 0 saturated carbocycles. The Morgan fingerprint density at radius 2 is 2.57 bits per heavy atom. The maximum Gasteiger partial charge on any atom is 0.0357 e. The molecular weight excluding hydrogens is 86.1 g/mol. The first-order valence-electron chi connectivity index (χ1n) is 2.30. The average Bonchev–Trinajstić information content (AvgIpc) is 1.69. The van der Waals surface area contributed by atoms with E-state index in [4.69, 9.17) is 0 Å². The molecule has 0 saturated heterocycles. The molecule has 0 bridgehead atoms. The molecule has 0 amide bonds. The van der Waals surface area contributed by atoms with Crippen molar-refractivity contribution >= 4 is 0 Å². The Morgan fingerprint density at radius 1 is 1.71 bits per heavy atom. The second-order valence-corrected chi connectivity index (χ2v) is 1.56. The number of hydrogen-bond acceptors (Lipinski definition) is 1. The van der Waals surface area contributed by atoms with E-state index in [9.17, 15) is 0 Å². The summed E-state index contributed by atoms with van der Waals surface area (Å²) in [7, 11) is 0. The van der Waals surface area contributed by atoms with Crippen LogP contribution in [0.3, 0.4) is 0 Å². The summed E-state index contributed by atoms with van der Waals surface area (Å²) in [5.74, 6) is 0. The van der Waals surface area contributed by atoms with E-state index in [1.54, 1.807) is 0 Å². The topological polar surface area (TPSA) is 12.0 Å². The van der Waals surface area contributed by atoms with Crippen molar-refractivity contribution in [2.24, 2.45) is 0 Å². The van der Waals surface area contributed by atoms with Gasteiger partial charge in [-0.1, -0.05) is 11.6 Å². The van der Waals surface area contributed by atoms with Crippen LogP contribution in [0.2, 0.25) is 0 Å². The van der Waals surface area contributed by atoms with E-state index in [0.29, 0.717) is 0 Å². The predicted octanol–water partition coefficient (Wildman–Crippen LogP) is 0.864. The third-order valence-electron chi connectivity index (χ3n) is 0.875. The monoisotopic (exact) mass is 94.1 g/mol. The molecule has 1 aliphatic rings. The van der Waals surface area contributed by atoms with Gasteiger partial charge in [-0.15, -0.1) is 0 Å². The lowest BCUT2D eigenvalue weighted by molar-refractivity contribution is 0.940. The van der Waals surface area contributed by atoms with Crippen LogP contribution in [0.1, 0.15) is 0 Å². The second-order valence-electron chi connectivity index (χ2n) is 1.56. The first-order chi connectivity index (χ1) is 3.39. The molecule has 0 atom stereocenters. The van der Waals surface area contributed by atoms with Crippen LogP contribution in [0, 0.1) is 6.92 Å². The summed E-state index contributed by atoms with van der Waals surface area (Å²) < 4.78 is 0. The Labute approximate surface area is 43.7 Å². The molecule has 1 heterocycles. The summed E-state index contributed by atoms with van der Waals surface area (Å²) in [6.45, 7) is 4.64. The summed E-state index contributed by atoms with van der Waals surface area (Å²) in [5, 5.41) is 3.02. The van der Waals surface area contributed by atoms with Crippen LogP contribution in [-0.2, 0) is 0 Å². The summed E-state index contributed by atoms with van der Waals surface area (Å²) in [6.07, 6.45) is 5.86. The van der Waals surface area contributed by atoms with Gasteiger partial charge in [0.05, 0.1) is 0 Å². The van der Waals surface area contributed by atoms with Gasteiger partial charge in [-0.3, -0.25) is 0 Å². The molecule has 1 radical (unpaired) electrons. The molecule has 0 fully saturated rings. The highest BCUT2D eigenvalue weighted by Crippen LogP contribution is 1.92. The molecule has 1 N–H and O–H groups in total. The molecule has 0 aromatic rings. The molecule has 1 nitrogen and oxygen atoms in total. The molecule has 1 heteroatoms. The van der Waals surface area contributed by atoms with Crippen molar-refractivity contribution in [3.8, 4) is 0 Å². The quantitative estimate of drug-likeness (QED) is 0.469. The Bertz CT molecular complexity index is 111. The van der Waals surface area contributed by atoms with Crippen molar-refractivity contribution < 1.29 is 0 Å². The molecule has 0 spiro atoms. The minimum absolute atomic E-state index is 0.899.